The molecule has 4 bridgehead atoms. The Balaban J connectivity index is 1.01. The van der Waals surface area contributed by atoms with Crippen LogP contribution in [0.25, 0.3) is 21.3 Å². The fourth-order valence-corrected chi connectivity index (χ4v) is 11.5. The number of carbonyl (C=O) groups is 2. The van der Waals surface area contributed by atoms with Crippen LogP contribution in [0.15, 0.2) is 60.7 Å². The average molecular weight is 753 g/mol. The largest absolute Gasteiger partial charge is 0.455 e. The monoisotopic (exact) mass is 752 g/mol. The summed E-state index contributed by atoms with van der Waals surface area (Å²) in [7, 11) is 0. The molecule has 282 valence electrons. The van der Waals surface area contributed by atoms with Gasteiger partial charge in [0.1, 0.15) is 23.2 Å². The lowest BCUT2D eigenvalue weighted by Gasteiger charge is -2.57. The van der Waals surface area contributed by atoms with Crippen molar-refractivity contribution in [2.75, 3.05) is 16.8 Å². The van der Waals surface area contributed by atoms with Gasteiger partial charge < -0.3 is 14.2 Å². The van der Waals surface area contributed by atoms with Crippen LogP contribution in [0.3, 0.4) is 0 Å². The van der Waals surface area contributed by atoms with E-state index in [0.717, 1.165) is 69.7 Å². The molecule has 10 heteroatoms. The molecule has 4 heterocycles. The molecule has 9 nitrogen and oxygen atoms in total. The third-order valence-electron chi connectivity index (χ3n) is 12.6. The number of esters is 1. The Hall–Kier alpha value is -5.01. The number of nitrogens with one attached hydrogen (secondary N) is 1. The smallest absolute Gasteiger partial charge is 0.358 e. The van der Waals surface area contributed by atoms with Gasteiger partial charge in [0, 0.05) is 42.0 Å². The zero-order valence-corrected chi connectivity index (χ0v) is 33.0. The molecule has 3 aromatic heterocycles. The van der Waals surface area contributed by atoms with Crippen molar-refractivity contribution in [2.24, 2.45) is 23.2 Å². The molecular weight excluding hydrogens is 705 g/mol. The van der Waals surface area contributed by atoms with Gasteiger partial charge in [-0.05, 0) is 150 Å². The summed E-state index contributed by atoms with van der Waals surface area (Å²) < 4.78 is 9.14. The second-order valence-electron chi connectivity index (χ2n) is 17.6. The third-order valence-corrected chi connectivity index (χ3v) is 13.6. The number of thiazole rings is 1. The van der Waals surface area contributed by atoms with Crippen LogP contribution in [0.5, 0.6) is 0 Å². The van der Waals surface area contributed by atoms with E-state index in [1.54, 1.807) is 0 Å². The molecule has 0 radical (unpaired) electrons. The maximum Gasteiger partial charge on any atom is 0.358 e. The Bertz CT molecular complexity index is 2310. The van der Waals surface area contributed by atoms with E-state index in [-0.39, 0.29) is 11.6 Å². The molecule has 10 rings (SSSR count). The summed E-state index contributed by atoms with van der Waals surface area (Å²) in [5.74, 6) is 2.57. The van der Waals surface area contributed by atoms with Crippen molar-refractivity contribution >= 4 is 44.4 Å². The lowest BCUT2D eigenvalue weighted by molar-refractivity contribution is -0.0592. The van der Waals surface area contributed by atoms with E-state index in [1.807, 2.05) is 75.4 Å². The second-order valence-corrected chi connectivity index (χ2v) is 18.6. The van der Waals surface area contributed by atoms with E-state index in [9.17, 15) is 14.9 Å². The first kappa shape index (κ1) is 35.7. The van der Waals surface area contributed by atoms with E-state index in [4.69, 9.17) is 9.72 Å². The molecule has 0 unspecified atom stereocenters. The number of ether oxygens (including phenoxy) is 1. The molecule has 4 aliphatic carbocycles. The number of hydrogen-bond donors (Lipinski definition) is 1. The van der Waals surface area contributed by atoms with Crippen LogP contribution in [-0.2, 0) is 24.2 Å². The predicted molar refractivity (Wildman–Crippen MR) is 216 cm³/mol. The normalized spacial score (nSPS) is 22.7. The zero-order valence-electron chi connectivity index (χ0n) is 32.2. The van der Waals surface area contributed by atoms with E-state index in [2.05, 4.69) is 38.8 Å². The van der Waals surface area contributed by atoms with Crippen molar-refractivity contribution in [3.8, 4) is 17.2 Å². The molecule has 0 saturated heterocycles. The minimum absolute atomic E-state index is 0.202. The molecule has 55 heavy (non-hydrogen) atoms. The van der Waals surface area contributed by atoms with Crippen LogP contribution in [0.4, 0.5) is 10.9 Å². The lowest BCUT2D eigenvalue weighted by Crippen LogP contribution is -2.46. The van der Waals surface area contributed by atoms with E-state index in [0.29, 0.717) is 46.3 Å². The van der Waals surface area contributed by atoms with Gasteiger partial charge in [-0.1, -0.05) is 35.6 Å². The number of benzene rings is 2. The number of nitriles is 1. The van der Waals surface area contributed by atoms with Crippen molar-refractivity contribution < 1.29 is 14.3 Å². The van der Waals surface area contributed by atoms with Crippen molar-refractivity contribution in [3.05, 3.63) is 94.4 Å². The number of carbonyl (C=O) groups excluding carboxylic acids is 2. The van der Waals surface area contributed by atoms with E-state index >= 15 is 0 Å². The molecular formula is C45H48N6O3S. The second kappa shape index (κ2) is 13.6. The summed E-state index contributed by atoms with van der Waals surface area (Å²) in [5.41, 5.74) is 6.48. The Kier molecular flexibility index (Phi) is 8.84. The summed E-state index contributed by atoms with van der Waals surface area (Å²) in [6.07, 6.45) is 10.1. The van der Waals surface area contributed by atoms with Crippen LogP contribution in [0.2, 0.25) is 0 Å². The zero-order chi connectivity index (χ0) is 38.1. The van der Waals surface area contributed by atoms with Crippen molar-refractivity contribution in [1.82, 2.24) is 14.5 Å². The highest BCUT2D eigenvalue weighted by atomic mass is 32.1. The summed E-state index contributed by atoms with van der Waals surface area (Å²) >= 11 is 1.45. The van der Waals surface area contributed by atoms with Gasteiger partial charge in [0.05, 0.1) is 10.2 Å². The number of rotatable bonds is 8. The van der Waals surface area contributed by atoms with Crippen LogP contribution in [-0.4, -0.2) is 38.6 Å². The fraction of sp³-hybridized carbons (Fsp3) is 0.444. The molecule has 1 aliphatic heterocycles. The van der Waals surface area contributed by atoms with Crippen molar-refractivity contribution in [2.45, 2.75) is 97.8 Å². The van der Waals surface area contributed by atoms with Gasteiger partial charge in [0.2, 0.25) is 0 Å². The molecule has 4 saturated carbocycles. The van der Waals surface area contributed by atoms with Crippen molar-refractivity contribution in [1.29, 1.82) is 5.26 Å². The summed E-state index contributed by atoms with van der Waals surface area (Å²) in [6, 6.07) is 22.0. The molecule has 0 atom stereocenters. The number of anilines is 2. The van der Waals surface area contributed by atoms with Gasteiger partial charge in [-0.15, -0.1) is 0 Å². The van der Waals surface area contributed by atoms with E-state index in [1.165, 1.54) is 49.9 Å². The SMILES string of the molecule is Cc1c(-c2ccc(N3CCc4cccc(C(=O)Nc5nc6ccccc6s5)c4C3)nc2C(=O)OC(C)(C)C)cc(C#N)n1CCC12CC3CC(CC(C3)C1)C2. The average Bonchev–Trinajstić information content (AvgIpc) is 3.71. The Labute approximate surface area is 326 Å². The number of fused-ring (bicyclic) bond motifs is 2. The van der Waals surface area contributed by atoms with Gasteiger partial charge >= 0.3 is 5.97 Å². The molecule has 2 aromatic carbocycles. The van der Waals surface area contributed by atoms with Crippen LogP contribution in [0.1, 0.15) is 109 Å². The molecule has 1 amide bonds. The van der Waals surface area contributed by atoms with Crippen LogP contribution >= 0.6 is 11.3 Å². The molecule has 5 aliphatic rings. The van der Waals surface area contributed by atoms with Gasteiger partial charge in [-0.3, -0.25) is 10.1 Å². The number of para-hydroxylation sites is 1. The van der Waals surface area contributed by atoms with Gasteiger partial charge in [-0.2, -0.15) is 5.26 Å². The summed E-state index contributed by atoms with van der Waals surface area (Å²) in [5, 5.41) is 13.9. The highest BCUT2D eigenvalue weighted by Crippen LogP contribution is 2.61. The first-order valence-corrected chi connectivity index (χ1v) is 20.6. The Morgan fingerprint density at radius 3 is 2.44 bits per heavy atom. The fourth-order valence-electron chi connectivity index (χ4n) is 10.6. The first-order chi connectivity index (χ1) is 26.4. The lowest BCUT2D eigenvalue weighted by atomic mass is 9.49. The third kappa shape index (κ3) is 6.81. The van der Waals surface area contributed by atoms with Crippen LogP contribution in [0, 0.1) is 41.4 Å². The number of hydrogen-bond acceptors (Lipinski definition) is 8. The van der Waals surface area contributed by atoms with Gasteiger partial charge in [0.15, 0.2) is 10.8 Å². The minimum atomic E-state index is -0.724. The minimum Gasteiger partial charge on any atom is -0.455 e. The number of pyridine rings is 1. The standard InChI is InChI=1S/C45H48N6O3S/c1-27-35(21-32(25-46)51(27)17-15-45-22-28-18-29(23-45)20-30(19-28)24-45)33-12-13-39(48-40(33)42(53)54-44(2,3)4)50-16-14-31-8-7-9-34(36(31)26-50)41(52)49-43-47-37-10-5-6-11-38(37)55-43/h5-13,21,28-30H,14-20,22-24,26H2,1-4H3,(H,47,49,52). The summed E-state index contributed by atoms with van der Waals surface area (Å²) in [6.45, 7) is 9.57. The molecule has 4 fully saturated rings. The number of aromatic nitrogens is 3. The summed E-state index contributed by atoms with van der Waals surface area (Å²) in [4.78, 5) is 39.5. The molecule has 0 spiro atoms. The van der Waals surface area contributed by atoms with Crippen LogP contribution < -0.4 is 10.2 Å². The Morgan fingerprint density at radius 2 is 1.73 bits per heavy atom. The predicted octanol–water partition coefficient (Wildman–Crippen LogP) is 9.72. The highest BCUT2D eigenvalue weighted by Gasteiger charge is 2.50. The van der Waals surface area contributed by atoms with Gasteiger partial charge in [0.25, 0.3) is 5.91 Å². The van der Waals surface area contributed by atoms with E-state index < -0.39 is 11.6 Å². The molecule has 1 N–H and O–H groups in total. The maximum absolute atomic E-state index is 14.0. The topological polar surface area (TPSA) is 113 Å². The highest BCUT2D eigenvalue weighted by molar-refractivity contribution is 7.22. The maximum atomic E-state index is 14.0. The van der Waals surface area contributed by atoms with Gasteiger partial charge in [-0.25, -0.2) is 14.8 Å². The number of amides is 1. The quantitative estimate of drug-likeness (QED) is 0.157. The Morgan fingerprint density at radius 1 is 0.982 bits per heavy atom. The number of nitrogens with zero attached hydrogens (tertiary/aromatic N) is 5. The molecule has 5 aromatic rings. The first-order valence-electron chi connectivity index (χ1n) is 19.8. The van der Waals surface area contributed by atoms with Crippen molar-refractivity contribution in [3.63, 3.8) is 0 Å².